The van der Waals surface area contributed by atoms with Gasteiger partial charge >= 0.3 is 0 Å². The van der Waals surface area contributed by atoms with Crippen molar-refractivity contribution in [2.75, 3.05) is 23.5 Å². The van der Waals surface area contributed by atoms with Gasteiger partial charge in [0.15, 0.2) is 9.84 Å². The highest BCUT2D eigenvalue weighted by atomic mass is 32.2. The number of aromatic amines is 1. The van der Waals surface area contributed by atoms with E-state index in [1.54, 1.807) is 6.33 Å². The summed E-state index contributed by atoms with van der Waals surface area (Å²) < 4.78 is 25.4. The van der Waals surface area contributed by atoms with Crippen LogP contribution < -0.4 is 4.90 Å². The highest BCUT2D eigenvalue weighted by Gasteiger charge is 2.28. The van der Waals surface area contributed by atoms with Gasteiger partial charge in [0, 0.05) is 37.1 Å². The largest absolute Gasteiger partial charge is 0.356 e. The average Bonchev–Trinajstić information content (AvgIpc) is 3.20. The van der Waals surface area contributed by atoms with E-state index in [1.165, 1.54) is 0 Å². The molecule has 166 valence electrons. The number of nitrogens with one attached hydrogen (secondary N) is 1. The van der Waals surface area contributed by atoms with Crippen molar-refractivity contribution >= 4 is 26.7 Å². The second-order valence-electron chi connectivity index (χ2n) is 8.65. The first-order chi connectivity index (χ1) is 14.8. The van der Waals surface area contributed by atoms with Gasteiger partial charge in [0.1, 0.15) is 23.6 Å². The molecule has 0 spiro atoms. The third kappa shape index (κ3) is 5.20. The minimum absolute atomic E-state index is 0.113. The number of anilines is 1. The fourth-order valence-corrected chi connectivity index (χ4v) is 6.32. The molecular weight excluding hydrogens is 412 g/mol. The molecule has 3 heterocycles. The van der Waals surface area contributed by atoms with Crippen molar-refractivity contribution in [3.63, 3.8) is 0 Å². The van der Waals surface area contributed by atoms with Gasteiger partial charge in [-0.25, -0.2) is 28.4 Å². The third-order valence-electron chi connectivity index (χ3n) is 6.19. The number of sulfone groups is 1. The van der Waals surface area contributed by atoms with E-state index < -0.39 is 9.84 Å². The Labute approximate surface area is 183 Å². The van der Waals surface area contributed by atoms with Crippen LogP contribution in [0.1, 0.15) is 42.9 Å². The van der Waals surface area contributed by atoms with E-state index in [4.69, 9.17) is 0 Å². The maximum absolute atomic E-state index is 12.7. The van der Waals surface area contributed by atoms with E-state index >= 15 is 0 Å². The number of rotatable bonds is 7. The van der Waals surface area contributed by atoms with E-state index in [9.17, 15) is 8.42 Å². The summed E-state index contributed by atoms with van der Waals surface area (Å²) in [6.45, 7) is 3.81. The molecule has 1 saturated carbocycles. The summed E-state index contributed by atoms with van der Waals surface area (Å²) in [5, 5.41) is 1.02. The molecular formula is C22H30N6O2S. The summed E-state index contributed by atoms with van der Waals surface area (Å²) in [5.41, 5.74) is 2.59. The number of fused-ring (bicyclic) bond motifs is 1. The second kappa shape index (κ2) is 8.90. The summed E-state index contributed by atoms with van der Waals surface area (Å²) in [6, 6.07) is 4.25. The zero-order chi connectivity index (χ0) is 22.0. The van der Waals surface area contributed by atoms with Crippen LogP contribution >= 0.6 is 0 Å². The Kier molecular flexibility index (Phi) is 6.22. The van der Waals surface area contributed by atoms with Crippen molar-refractivity contribution in [3.8, 4) is 0 Å². The molecule has 0 atom stereocenters. The van der Waals surface area contributed by atoms with Crippen molar-refractivity contribution in [1.82, 2.24) is 24.9 Å². The molecule has 1 aliphatic carbocycles. The van der Waals surface area contributed by atoms with Crippen LogP contribution in [0.25, 0.3) is 11.0 Å². The third-order valence-corrected chi connectivity index (χ3v) is 7.99. The number of hydrogen-bond donors (Lipinski definition) is 1. The SMILES string of the molecule is Cc1cc(C)nc(CCS(=O)(=O)CC2CCC(N(C)c3ncnc4[nH]ccc34)CC2)n1. The number of hydrogen-bond acceptors (Lipinski definition) is 7. The molecule has 9 heteroatoms. The molecule has 1 aliphatic rings. The molecule has 0 saturated heterocycles. The van der Waals surface area contributed by atoms with Crippen LogP contribution in [0.15, 0.2) is 24.7 Å². The maximum Gasteiger partial charge on any atom is 0.151 e. The van der Waals surface area contributed by atoms with Crippen molar-refractivity contribution in [3.05, 3.63) is 41.9 Å². The van der Waals surface area contributed by atoms with Gasteiger partial charge in [-0.2, -0.15) is 0 Å². The van der Waals surface area contributed by atoms with Crippen molar-refractivity contribution in [1.29, 1.82) is 0 Å². The molecule has 31 heavy (non-hydrogen) atoms. The highest BCUT2D eigenvalue weighted by Crippen LogP contribution is 2.32. The van der Waals surface area contributed by atoms with Crippen LogP contribution in [0.3, 0.4) is 0 Å². The molecule has 0 unspecified atom stereocenters. The topological polar surface area (TPSA) is 105 Å². The average molecular weight is 443 g/mol. The molecule has 3 aromatic rings. The zero-order valence-electron chi connectivity index (χ0n) is 18.4. The first kappa shape index (κ1) is 21.7. The molecule has 4 rings (SSSR count). The fraction of sp³-hybridized carbons (Fsp3) is 0.545. The quantitative estimate of drug-likeness (QED) is 0.600. The van der Waals surface area contributed by atoms with Crippen LogP contribution in [-0.4, -0.2) is 57.9 Å². The number of nitrogens with zero attached hydrogens (tertiary/aromatic N) is 5. The molecule has 0 aromatic carbocycles. The molecule has 0 radical (unpaired) electrons. The van der Waals surface area contributed by atoms with Crippen LogP contribution in [-0.2, 0) is 16.3 Å². The van der Waals surface area contributed by atoms with Crippen LogP contribution in [0.5, 0.6) is 0 Å². The van der Waals surface area contributed by atoms with Crippen LogP contribution in [0.4, 0.5) is 5.82 Å². The Morgan fingerprint density at radius 3 is 2.52 bits per heavy atom. The monoisotopic (exact) mass is 442 g/mol. The molecule has 3 aromatic heterocycles. The number of aromatic nitrogens is 5. The normalized spacial score (nSPS) is 19.6. The van der Waals surface area contributed by atoms with Crippen molar-refractivity contribution in [2.45, 2.75) is 52.0 Å². The van der Waals surface area contributed by atoms with E-state index in [0.29, 0.717) is 18.3 Å². The molecule has 1 fully saturated rings. The van der Waals surface area contributed by atoms with Gasteiger partial charge < -0.3 is 9.88 Å². The summed E-state index contributed by atoms with van der Waals surface area (Å²) in [4.78, 5) is 22.8. The fourth-order valence-electron chi connectivity index (χ4n) is 4.61. The van der Waals surface area contributed by atoms with Gasteiger partial charge in [0.05, 0.1) is 16.9 Å². The van der Waals surface area contributed by atoms with E-state index in [2.05, 4.69) is 36.9 Å². The van der Waals surface area contributed by atoms with E-state index in [-0.39, 0.29) is 17.4 Å². The summed E-state index contributed by atoms with van der Waals surface area (Å²) in [7, 11) is -1.06. The standard InChI is InChI=1S/C22H30N6O2S/c1-15-12-16(2)27-20(26-15)9-11-31(29,30)13-17-4-6-18(7-5-17)28(3)22-19-8-10-23-21(19)24-14-25-22/h8,10,12,14,17-18H,4-7,9,11,13H2,1-3H3,(H,23,24,25). The first-order valence-corrected chi connectivity index (χ1v) is 12.7. The van der Waals surface area contributed by atoms with E-state index in [1.807, 2.05) is 32.2 Å². The molecule has 0 amide bonds. The van der Waals surface area contributed by atoms with Gasteiger partial charge in [-0.3, -0.25) is 0 Å². The Morgan fingerprint density at radius 1 is 1.10 bits per heavy atom. The van der Waals surface area contributed by atoms with Gasteiger partial charge in [-0.1, -0.05) is 0 Å². The molecule has 0 bridgehead atoms. The lowest BCUT2D eigenvalue weighted by Gasteiger charge is -2.35. The summed E-state index contributed by atoms with van der Waals surface area (Å²) in [5.74, 6) is 2.13. The number of H-pyrrole nitrogens is 1. The summed E-state index contributed by atoms with van der Waals surface area (Å²) in [6.07, 6.45) is 7.60. The molecule has 8 nitrogen and oxygen atoms in total. The predicted molar refractivity (Wildman–Crippen MR) is 122 cm³/mol. The Bertz CT molecular complexity index is 1130. The summed E-state index contributed by atoms with van der Waals surface area (Å²) >= 11 is 0. The van der Waals surface area contributed by atoms with Crippen LogP contribution in [0.2, 0.25) is 0 Å². The lowest BCUT2D eigenvalue weighted by Crippen LogP contribution is -2.37. The Balaban J connectivity index is 1.31. The van der Waals surface area contributed by atoms with Gasteiger partial charge in [0.25, 0.3) is 0 Å². The lowest BCUT2D eigenvalue weighted by molar-refractivity contribution is 0.341. The Hall–Kier alpha value is -2.55. The highest BCUT2D eigenvalue weighted by molar-refractivity contribution is 7.91. The van der Waals surface area contributed by atoms with Crippen molar-refractivity contribution in [2.24, 2.45) is 5.92 Å². The van der Waals surface area contributed by atoms with Gasteiger partial charge in [-0.05, 0) is 57.6 Å². The predicted octanol–water partition coefficient (Wildman–Crippen LogP) is 3.02. The number of aryl methyl sites for hydroxylation is 3. The van der Waals surface area contributed by atoms with Crippen molar-refractivity contribution < 1.29 is 8.42 Å². The first-order valence-electron chi connectivity index (χ1n) is 10.8. The lowest BCUT2D eigenvalue weighted by atomic mass is 9.86. The zero-order valence-corrected chi connectivity index (χ0v) is 19.2. The molecule has 0 aliphatic heterocycles. The maximum atomic E-state index is 12.7. The minimum atomic E-state index is -3.13. The smallest absolute Gasteiger partial charge is 0.151 e. The van der Waals surface area contributed by atoms with E-state index in [0.717, 1.165) is 53.9 Å². The minimum Gasteiger partial charge on any atom is -0.356 e. The van der Waals surface area contributed by atoms with Crippen LogP contribution in [0, 0.1) is 19.8 Å². The Morgan fingerprint density at radius 2 is 1.81 bits per heavy atom. The second-order valence-corrected chi connectivity index (χ2v) is 10.9. The molecule has 1 N–H and O–H groups in total. The van der Waals surface area contributed by atoms with Gasteiger partial charge in [0.2, 0.25) is 0 Å². The van der Waals surface area contributed by atoms with Gasteiger partial charge in [-0.15, -0.1) is 0 Å².